The molecule has 1 aliphatic rings. The normalized spacial score (nSPS) is 18.4. The first-order chi connectivity index (χ1) is 22.5. The Labute approximate surface area is 283 Å². The lowest BCUT2D eigenvalue weighted by atomic mass is 9.78. The first kappa shape index (κ1) is 34.3. The summed E-state index contributed by atoms with van der Waals surface area (Å²) in [4.78, 5) is 45.1. The molecule has 4 aromatic rings. The first-order valence-electron chi connectivity index (χ1n) is 15.9. The Morgan fingerprint density at radius 2 is 1.81 bits per heavy atom. The van der Waals surface area contributed by atoms with Crippen molar-refractivity contribution in [3.8, 4) is 0 Å². The summed E-state index contributed by atoms with van der Waals surface area (Å²) in [7, 11) is 0. The molecule has 0 spiro atoms. The number of aromatic amines is 1. The van der Waals surface area contributed by atoms with Crippen molar-refractivity contribution in [3.05, 3.63) is 81.6 Å². The summed E-state index contributed by atoms with van der Waals surface area (Å²) in [5.74, 6) is -0.946. The van der Waals surface area contributed by atoms with Crippen molar-refractivity contribution in [1.29, 1.82) is 0 Å². The number of nitrogens with one attached hydrogen (secondary N) is 4. The molecule has 13 heteroatoms. The molecule has 0 radical (unpaired) electrons. The van der Waals surface area contributed by atoms with Crippen molar-refractivity contribution in [2.24, 2.45) is 11.8 Å². The maximum atomic E-state index is 14.5. The molecule has 5 atom stereocenters. The molecule has 0 aliphatic heterocycles. The van der Waals surface area contributed by atoms with E-state index >= 15 is 0 Å². The second kappa shape index (κ2) is 14.8. The molecule has 0 saturated heterocycles. The van der Waals surface area contributed by atoms with E-state index in [1.807, 2.05) is 58.0 Å². The van der Waals surface area contributed by atoms with Crippen LogP contribution in [0.15, 0.2) is 53.3 Å². The molecule has 5 rings (SSSR count). The van der Waals surface area contributed by atoms with Crippen molar-refractivity contribution in [1.82, 2.24) is 31.1 Å². The van der Waals surface area contributed by atoms with Crippen LogP contribution in [0.2, 0.25) is 10.0 Å². The number of hydrogen-bond acceptors (Lipinski definition) is 7. The Morgan fingerprint density at radius 1 is 1.06 bits per heavy atom. The van der Waals surface area contributed by atoms with E-state index < -0.39 is 35.5 Å². The number of rotatable bonds is 12. The molecule has 2 heterocycles. The van der Waals surface area contributed by atoms with Gasteiger partial charge in [0.2, 0.25) is 24.1 Å². The van der Waals surface area contributed by atoms with Gasteiger partial charge in [-0.25, -0.2) is 4.79 Å². The second-order valence-corrected chi connectivity index (χ2v) is 13.2. The number of halogens is 2. The molecule has 11 nitrogen and oxygen atoms in total. The van der Waals surface area contributed by atoms with Crippen LogP contribution in [0.25, 0.3) is 10.9 Å². The predicted molar refractivity (Wildman–Crippen MR) is 179 cm³/mol. The van der Waals surface area contributed by atoms with E-state index in [1.54, 1.807) is 12.1 Å². The summed E-state index contributed by atoms with van der Waals surface area (Å²) in [6.45, 7) is 7.83. The molecule has 2 unspecified atom stereocenters. The topological polar surface area (TPSA) is 151 Å². The number of amides is 3. The van der Waals surface area contributed by atoms with Crippen molar-refractivity contribution in [2.75, 3.05) is 0 Å². The van der Waals surface area contributed by atoms with E-state index in [0.29, 0.717) is 28.4 Å². The van der Waals surface area contributed by atoms with Crippen LogP contribution in [0.1, 0.15) is 75.7 Å². The maximum absolute atomic E-state index is 14.5. The van der Waals surface area contributed by atoms with E-state index in [-0.39, 0.29) is 37.2 Å². The number of benzene rings is 2. The number of ether oxygens (including phenoxy) is 1. The van der Waals surface area contributed by atoms with Crippen LogP contribution in [0.3, 0.4) is 0 Å². The summed E-state index contributed by atoms with van der Waals surface area (Å²) in [6.07, 6.45) is 2.68. The van der Waals surface area contributed by atoms with Crippen LogP contribution in [0, 0.1) is 11.8 Å². The number of aromatic nitrogens is 3. The fraction of sp³-hybridized carbons (Fsp3) is 0.441. The van der Waals surface area contributed by atoms with Crippen LogP contribution >= 0.6 is 23.2 Å². The average molecular weight is 684 g/mol. The van der Waals surface area contributed by atoms with Crippen molar-refractivity contribution in [2.45, 2.75) is 84.0 Å². The SMILES string of the molecule is CC[C@H](C)C(NC(=O)OCc1ccccc1)C(=O)N[C@@]1(C(=O)NC(c2nnco2)[C@@H](C)CC)CCc2[nH]c3c(Cl)cc(Cl)cc3c2C1. The standard InChI is InChI=1S/C34H40Cl2N6O5/c1-5-19(3)27(40-33(45)46-17-21-10-8-7-9-11-21)30(43)41-34(32(44)39-28(20(4)6-2)31-42-37-18-47-31)13-12-26-24(16-34)23-14-22(35)15-25(36)29(23)38-26/h7-11,14-15,18-20,27-28,38H,5-6,12-13,16-17H2,1-4H3,(H,39,44)(H,40,45)(H,41,43)/t19-,20-,27?,28?,34-/m0/s1. The van der Waals surface area contributed by atoms with Gasteiger partial charge in [0.25, 0.3) is 0 Å². The van der Waals surface area contributed by atoms with Gasteiger partial charge in [0.1, 0.15) is 24.2 Å². The lowest BCUT2D eigenvalue weighted by Gasteiger charge is -2.39. The third-order valence-corrected chi connectivity index (χ3v) is 9.74. The van der Waals surface area contributed by atoms with Gasteiger partial charge in [-0.3, -0.25) is 9.59 Å². The molecule has 4 N–H and O–H groups in total. The molecule has 2 aromatic heterocycles. The van der Waals surface area contributed by atoms with Gasteiger partial charge in [-0.1, -0.05) is 94.1 Å². The van der Waals surface area contributed by atoms with Crippen molar-refractivity contribution < 1.29 is 23.5 Å². The zero-order valence-electron chi connectivity index (χ0n) is 26.9. The number of aryl methyl sites for hydroxylation is 1. The Morgan fingerprint density at radius 3 is 2.49 bits per heavy atom. The zero-order valence-corrected chi connectivity index (χ0v) is 28.4. The molecule has 0 fully saturated rings. The molecule has 0 saturated carbocycles. The van der Waals surface area contributed by atoms with E-state index in [4.69, 9.17) is 32.4 Å². The quantitative estimate of drug-likeness (QED) is 0.134. The number of hydrogen-bond donors (Lipinski definition) is 4. The highest BCUT2D eigenvalue weighted by Crippen LogP contribution is 2.39. The minimum Gasteiger partial charge on any atom is -0.445 e. The molecular weight excluding hydrogens is 643 g/mol. The third kappa shape index (κ3) is 7.57. The molecular formula is C34H40Cl2N6O5. The Kier molecular flexibility index (Phi) is 10.8. The molecule has 2 aromatic carbocycles. The summed E-state index contributed by atoms with van der Waals surface area (Å²) < 4.78 is 11.0. The van der Waals surface area contributed by atoms with Gasteiger partial charge in [0.15, 0.2) is 0 Å². The van der Waals surface area contributed by atoms with Gasteiger partial charge in [0.05, 0.1) is 10.5 Å². The Bertz CT molecular complexity index is 1710. The van der Waals surface area contributed by atoms with Gasteiger partial charge in [-0.2, -0.15) is 0 Å². The number of carbonyl (C=O) groups is 3. The van der Waals surface area contributed by atoms with Crippen molar-refractivity contribution in [3.63, 3.8) is 0 Å². The zero-order chi connectivity index (χ0) is 33.7. The number of H-pyrrole nitrogens is 1. The summed E-state index contributed by atoms with van der Waals surface area (Å²) >= 11 is 12.9. The lowest BCUT2D eigenvalue weighted by molar-refractivity contribution is -0.136. The number of fused-ring (bicyclic) bond motifs is 3. The lowest BCUT2D eigenvalue weighted by Crippen LogP contribution is -2.65. The minimum absolute atomic E-state index is 0.0501. The minimum atomic E-state index is -1.40. The third-order valence-electron chi connectivity index (χ3n) is 9.22. The monoisotopic (exact) mass is 682 g/mol. The first-order valence-corrected chi connectivity index (χ1v) is 16.7. The second-order valence-electron chi connectivity index (χ2n) is 12.3. The summed E-state index contributed by atoms with van der Waals surface area (Å²) in [5.41, 5.74) is 1.88. The summed E-state index contributed by atoms with van der Waals surface area (Å²) in [6, 6.07) is 11.2. The van der Waals surface area contributed by atoms with Crippen LogP contribution in [0.4, 0.5) is 4.79 Å². The highest BCUT2D eigenvalue weighted by Gasteiger charge is 2.47. The van der Waals surface area contributed by atoms with Crippen LogP contribution in [-0.4, -0.2) is 44.7 Å². The Balaban J connectivity index is 1.47. The smallest absolute Gasteiger partial charge is 0.408 e. The van der Waals surface area contributed by atoms with Gasteiger partial charge in [-0.05, 0) is 47.9 Å². The number of nitrogens with zero attached hydrogens (tertiary/aromatic N) is 2. The van der Waals surface area contributed by atoms with Crippen molar-refractivity contribution >= 4 is 52.0 Å². The highest BCUT2D eigenvalue weighted by atomic mass is 35.5. The largest absolute Gasteiger partial charge is 0.445 e. The van der Waals surface area contributed by atoms with E-state index in [2.05, 4.69) is 31.1 Å². The number of alkyl carbamates (subject to hydrolysis) is 1. The molecule has 0 bridgehead atoms. The van der Waals surface area contributed by atoms with E-state index in [0.717, 1.165) is 28.6 Å². The maximum Gasteiger partial charge on any atom is 0.408 e. The molecule has 3 amide bonds. The predicted octanol–water partition coefficient (Wildman–Crippen LogP) is 6.45. The van der Waals surface area contributed by atoms with E-state index in [1.165, 1.54) is 6.39 Å². The Hall–Kier alpha value is -4.09. The van der Waals surface area contributed by atoms with Gasteiger partial charge < -0.3 is 30.1 Å². The highest BCUT2D eigenvalue weighted by molar-refractivity contribution is 6.38. The van der Waals surface area contributed by atoms with E-state index in [9.17, 15) is 14.4 Å². The molecule has 1 aliphatic carbocycles. The fourth-order valence-corrected chi connectivity index (χ4v) is 6.56. The number of carbonyl (C=O) groups excluding carboxylic acids is 3. The van der Waals surface area contributed by atoms with Gasteiger partial charge in [0, 0.05) is 22.5 Å². The van der Waals surface area contributed by atoms with Gasteiger partial charge >= 0.3 is 6.09 Å². The van der Waals surface area contributed by atoms with Crippen LogP contribution < -0.4 is 16.0 Å². The van der Waals surface area contributed by atoms with Crippen LogP contribution in [0.5, 0.6) is 0 Å². The molecule has 250 valence electrons. The summed E-state index contributed by atoms with van der Waals surface area (Å²) in [5, 5.41) is 18.5. The van der Waals surface area contributed by atoms with Gasteiger partial charge in [-0.15, -0.1) is 10.2 Å². The molecule has 47 heavy (non-hydrogen) atoms. The van der Waals surface area contributed by atoms with Crippen LogP contribution in [-0.2, 0) is 33.8 Å². The fourth-order valence-electron chi connectivity index (χ4n) is 6.02. The average Bonchev–Trinajstić information content (AvgIpc) is 3.73.